The van der Waals surface area contributed by atoms with Crippen molar-refractivity contribution in [3.63, 3.8) is 0 Å². The molecule has 106 valence electrons. The Morgan fingerprint density at radius 2 is 2.32 bits per heavy atom. The van der Waals surface area contributed by atoms with Crippen molar-refractivity contribution in [2.45, 2.75) is 33.7 Å². The third-order valence-electron chi connectivity index (χ3n) is 3.57. The van der Waals surface area contributed by atoms with E-state index in [4.69, 9.17) is 0 Å². The Bertz CT molecular complexity index is 391. The lowest BCUT2D eigenvalue weighted by Gasteiger charge is -2.16. The van der Waals surface area contributed by atoms with Gasteiger partial charge in [-0.1, -0.05) is 13.8 Å². The van der Waals surface area contributed by atoms with Gasteiger partial charge in [-0.3, -0.25) is 4.90 Å². The van der Waals surface area contributed by atoms with Crippen molar-refractivity contribution in [2.75, 3.05) is 26.2 Å². The van der Waals surface area contributed by atoms with E-state index in [9.17, 15) is 0 Å². The molecule has 0 saturated carbocycles. The molecule has 0 aromatic carbocycles. The van der Waals surface area contributed by atoms with Gasteiger partial charge < -0.3 is 5.32 Å². The second-order valence-corrected chi connectivity index (χ2v) is 6.04. The summed E-state index contributed by atoms with van der Waals surface area (Å²) in [4.78, 5) is 11.1. The monoisotopic (exact) mass is 262 g/mol. The van der Waals surface area contributed by atoms with Crippen LogP contribution < -0.4 is 5.32 Å². The summed E-state index contributed by atoms with van der Waals surface area (Å²) in [6, 6.07) is 2.03. The summed E-state index contributed by atoms with van der Waals surface area (Å²) in [5, 5.41) is 3.57. The highest BCUT2D eigenvalue weighted by atomic mass is 15.2. The van der Waals surface area contributed by atoms with E-state index in [1.807, 2.05) is 19.2 Å². The third-order valence-corrected chi connectivity index (χ3v) is 3.57. The van der Waals surface area contributed by atoms with Crippen molar-refractivity contribution in [3.8, 4) is 0 Å². The maximum Gasteiger partial charge on any atom is 0.125 e. The molecule has 2 heterocycles. The highest BCUT2D eigenvalue weighted by molar-refractivity contribution is 5.02. The zero-order valence-corrected chi connectivity index (χ0v) is 12.4. The van der Waals surface area contributed by atoms with Gasteiger partial charge in [0.2, 0.25) is 0 Å². The lowest BCUT2D eigenvalue weighted by molar-refractivity contribution is 0.309. The van der Waals surface area contributed by atoms with Gasteiger partial charge in [-0.25, -0.2) is 9.97 Å². The Balaban J connectivity index is 1.73. The van der Waals surface area contributed by atoms with E-state index in [1.54, 1.807) is 0 Å². The predicted molar refractivity (Wildman–Crippen MR) is 77.9 cm³/mol. The second-order valence-electron chi connectivity index (χ2n) is 6.04. The molecular formula is C15H26N4. The number of aryl methyl sites for hydroxylation is 1. The molecule has 1 aromatic rings. The quantitative estimate of drug-likeness (QED) is 0.849. The fourth-order valence-electron chi connectivity index (χ4n) is 2.62. The third kappa shape index (κ3) is 4.88. The summed E-state index contributed by atoms with van der Waals surface area (Å²) < 4.78 is 0. The number of aromatic nitrogens is 2. The van der Waals surface area contributed by atoms with Crippen LogP contribution in [0.3, 0.4) is 0 Å². The summed E-state index contributed by atoms with van der Waals surface area (Å²) in [6.07, 6.45) is 3.16. The van der Waals surface area contributed by atoms with Crippen molar-refractivity contribution in [1.29, 1.82) is 0 Å². The van der Waals surface area contributed by atoms with Crippen molar-refractivity contribution in [1.82, 2.24) is 20.2 Å². The first-order valence-electron chi connectivity index (χ1n) is 7.35. The van der Waals surface area contributed by atoms with Crippen LogP contribution in [0.2, 0.25) is 0 Å². The lowest BCUT2D eigenvalue weighted by atomic mass is 10.1. The van der Waals surface area contributed by atoms with E-state index >= 15 is 0 Å². The first-order chi connectivity index (χ1) is 9.13. The Hall–Kier alpha value is -1.00. The number of hydrogen-bond acceptors (Lipinski definition) is 4. The Labute approximate surface area is 116 Å². The van der Waals surface area contributed by atoms with Crippen molar-refractivity contribution < 1.29 is 0 Å². The van der Waals surface area contributed by atoms with Crippen LogP contribution in [0.1, 0.15) is 31.8 Å². The minimum absolute atomic E-state index is 0.738. The highest BCUT2D eigenvalue weighted by Crippen LogP contribution is 2.17. The summed E-state index contributed by atoms with van der Waals surface area (Å²) >= 11 is 0. The van der Waals surface area contributed by atoms with Crippen LogP contribution in [0.25, 0.3) is 0 Å². The van der Waals surface area contributed by atoms with E-state index in [0.717, 1.165) is 43.0 Å². The standard InChI is InChI=1S/C15H26N4/c1-12(2)8-16-9-14-5-7-19(10-14)11-15-4-6-17-13(3)18-15/h4,6,12,14,16H,5,7-11H2,1-3H3. The molecule has 4 nitrogen and oxygen atoms in total. The lowest BCUT2D eigenvalue weighted by Crippen LogP contribution is -2.28. The molecule has 1 N–H and O–H groups in total. The SMILES string of the molecule is Cc1nccc(CN2CCC(CNCC(C)C)C2)n1. The molecule has 1 atom stereocenters. The average Bonchev–Trinajstić information content (AvgIpc) is 2.76. The van der Waals surface area contributed by atoms with Gasteiger partial charge in [-0.2, -0.15) is 0 Å². The normalized spacial score (nSPS) is 20.3. The van der Waals surface area contributed by atoms with Crippen LogP contribution in [-0.2, 0) is 6.54 Å². The zero-order chi connectivity index (χ0) is 13.7. The Morgan fingerprint density at radius 1 is 1.47 bits per heavy atom. The molecule has 1 unspecified atom stereocenters. The van der Waals surface area contributed by atoms with Crippen LogP contribution >= 0.6 is 0 Å². The summed E-state index contributed by atoms with van der Waals surface area (Å²) in [5.41, 5.74) is 1.14. The van der Waals surface area contributed by atoms with Crippen LogP contribution in [0, 0.1) is 18.8 Å². The van der Waals surface area contributed by atoms with E-state index in [0.29, 0.717) is 0 Å². The van der Waals surface area contributed by atoms with Crippen molar-refractivity contribution >= 4 is 0 Å². The zero-order valence-electron chi connectivity index (χ0n) is 12.4. The summed E-state index contributed by atoms with van der Waals surface area (Å²) in [6.45, 7) is 12.1. The molecule has 0 spiro atoms. The van der Waals surface area contributed by atoms with Crippen LogP contribution in [0.15, 0.2) is 12.3 Å². The van der Waals surface area contributed by atoms with E-state index in [2.05, 4.69) is 34.0 Å². The van der Waals surface area contributed by atoms with Crippen molar-refractivity contribution in [3.05, 3.63) is 23.8 Å². The molecule has 0 aliphatic carbocycles. The summed E-state index contributed by atoms with van der Waals surface area (Å²) in [5.74, 6) is 2.40. The molecular weight excluding hydrogens is 236 g/mol. The van der Waals surface area contributed by atoms with Crippen LogP contribution in [-0.4, -0.2) is 41.0 Å². The number of likely N-dealkylation sites (tertiary alicyclic amines) is 1. The molecule has 19 heavy (non-hydrogen) atoms. The molecule has 1 aliphatic heterocycles. The fourth-order valence-corrected chi connectivity index (χ4v) is 2.62. The van der Waals surface area contributed by atoms with Gasteiger partial charge in [-0.05, 0) is 50.9 Å². The highest BCUT2D eigenvalue weighted by Gasteiger charge is 2.22. The minimum atomic E-state index is 0.738. The van der Waals surface area contributed by atoms with E-state index in [1.165, 1.54) is 19.5 Å². The van der Waals surface area contributed by atoms with E-state index in [-0.39, 0.29) is 0 Å². The molecule has 0 bridgehead atoms. The Kier molecular flexibility index (Phi) is 5.28. The number of rotatable bonds is 6. The number of hydrogen-bond donors (Lipinski definition) is 1. The predicted octanol–water partition coefficient (Wildman–Crippen LogP) is 1.85. The number of nitrogens with zero attached hydrogens (tertiary/aromatic N) is 3. The molecule has 4 heteroatoms. The van der Waals surface area contributed by atoms with Gasteiger partial charge in [0.15, 0.2) is 0 Å². The fraction of sp³-hybridized carbons (Fsp3) is 0.733. The molecule has 1 aromatic heterocycles. The van der Waals surface area contributed by atoms with Gasteiger partial charge in [-0.15, -0.1) is 0 Å². The van der Waals surface area contributed by atoms with Gasteiger partial charge in [0, 0.05) is 19.3 Å². The van der Waals surface area contributed by atoms with Gasteiger partial charge in [0.25, 0.3) is 0 Å². The van der Waals surface area contributed by atoms with Crippen molar-refractivity contribution in [2.24, 2.45) is 11.8 Å². The molecule has 2 rings (SSSR count). The van der Waals surface area contributed by atoms with Crippen LogP contribution in [0.4, 0.5) is 0 Å². The van der Waals surface area contributed by atoms with E-state index < -0.39 is 0 Å². The second kappa shape index (κ2) is 6.96. The largest absolute Gasteiger partial charge is 0.316 e. The maximum atomic E-state index is 4.48. The topological polar surface area (TPSA) is 41.1 Å². The molecule has 0 amide bonds. The van der Waals surface area contributed by atoms with Gasteiger partial charge >= 0.3 is 0 Å². The first kappa shape index (κ1) is 14.4. The summed E-state index contributed by atoms with van der Waals surface area (Å²) in [7, 11) is 0. The maximum absolute atomic E-state index is 4.48. The molecule has 1 aliphatic rings. The molecule has 0 radical (unpaired) electrons. The Morgan fingerprint density at radius 3 is 3.05 bits per heavy atom. The van der Waals surface area contributed by atoms with Gasteiger partial charge in [0.05, 0.1) is 5.69 Å². The molecule has 1 saturated heterocycles. The minimum Gasteiger partial charge on any atom is -0.316 e. The molecule has 1 fully saturated rings. The first-order valence-corrected chi connectivity index (χ1v) is 7.35. The van der Waals surface area contributed by atoms with Gasteiger partial charge in [0.1, 0.15) is 5.82 Å². The smallest absolute Gasteiger partial charge is 0.125 e. The average molecular weight is 262 g/mol. The number of nitrogens with one attached hydrogen (secondary N) is 1. The van der Waals surface area contributed by atoms with Crippen LogP contribution in [0.5, 0.6) is 0 Å².